The normalized spacial score (nSPS) is 10.7. The van der Waals surface area contributed by atoms with Crippen molar-refractivity contribution < 1.29 is 13.7 Å². The zero-order valence-corrected chi connectivity index (χ0v) is 10.9. The second-order valence-electron chi connectivity index (χ2n) is 4.00. The number of aromatic nitrogens is 2. The van der Waals surface area contributed by atoms with Crippen molar-refractivity contribution in [2.24, 2.45) is 0 Å². The molecule has 6 heteroatoms. The number of halogens is 1. The first kappa shape index (κ1) is 13.5. The zero-order valence-electron chi connectivity index (χ0n) is 10.9. The van der Waals surface area contributed by atoms with Crippen molar-refractivity contribution in [1.29, 1.82) is 0 Å². The van der Waals surface area contributed by atoms with Crippen molar-refractivity contribution >= 4 is 0 Å². The molecule has 0 saturated carbocycles. The van der Waals surface area contributed by atoms with Crippen LogP contribution in [-0.2, 0) is 19.6 Å². The van der Waals surface area contributed by atoms with Crippen LogP contribution < -0.4 is 10.1 Å². The molecule has 19 heavy (non-hydrogen) atoms. The average Bonchev–Trinajstić information content (AvgIpc) is 2.86. The summed E-state index contributed by atoms with van der Waals surface area (Å²) in [6.07, 6.45) is 0.689. The molecule has 0 aliphatic heterocycles. The summed E-state index contributed by atoms with van der Waals surface area (Å²) in [6, 6.07) is 4.82. The second-order valence-corrected chi connectivity index (χ2v) is 4.00. The molecule has 0 spiro atoms. The van der Waals surface area contributed by atoms with Crippen LogP contribution in [0.4, 0.5) is 4.39 Å². The van der Waals surface area contributed by atoms with Crippen LogP contribution in [0.3, 0.4) is 0 Å². The van der Waals surface area contributed by atoms with E-state index in [1.807, 2.05) is 6.92 Å². The van der Waals surface area contributed by atoms with Crippen molar-refractivity contribution in [3.8, 4) is 5.75 Å². The minimum Gasteiger partial charge on any atom is -0.480 e. The summed E-state index contributed by atoms with van der Waals surface area (Å²) in [5.74, 6) is 0.772. The number of benzene rings is 1. The van der Waals surface area contributed by atoms with E-state index < -0.39 is 5.82 Å². The lowest BCUT2D eigenvalue weighted by Gasteiger charge is -2.10. The monoisotopic (exact) mass is 265 g/mol. The molecule has 0 aliphatic rings. The van der Waals surface area contributed by atoms with Crippen LogP contribution in [-0.4, -0.2) is 17.2 Å². The van der Waals surface area contributed by atoms with Gasteiger partial charge in [0.1, 0.15) is 0 Å². The van der Waals surface area contributed by atoms with Crippen LogP contribution in [0.15, 0.2) is 22.7 Å². The summed E-state index contributed by atoms with van der Waals surface area (Å²) in [5, 5.41) is 6.72. The molecular formula is C13H16FN3O2. The molecule has 0 unspecified atom stereocenters. The fourth-order valence-corrected chi connectivity index (χ4v) is 1.67. The van der Waals surface area contributed by atoms with Gasteiger partial charge in [-0.1, -0.05) is 24.2 Å². The molecule has 1 heterocycles. The number of nitrogens with zero attached hydrogens (tertiary/aromatic N) is 2. The maximum absolute atomic E-state index is 13.7. The first-order chi connectivity index (χ1) is 9.24. The van der Waals surface area contributed by atoms with Crippen LogP contribution in [0.25, 0.3) is 0 Å². The Morgan fingerprint density at radius 3 is 2.95 bits per heavy atom. The third-order valence-corrected chi connectivity index (χ3v) is 2.58. The molecule has 0 bridgehead atoms. The molecule has 5 nitrogen and oxygen atoms in total. The fourth-order valence-electron chi connectivity index (χ4n) is 1.67. The summed E-state index contributed by atoms with van der Waals surface area (Å²) in [6.45, 7) is 2.51. The van der Waals surface area contributed by atoms with E-state index in [4.69, 9.17) is 9.26 Å². The number of aryl methyl sites for hydroxylation is 1. The average molecular weight is 265 g/mol. The predicted molar refractivity (Wildman–Crippen MR) is 67.2 cm³/mol. The maximum Gasteiger partial charge on any atom is 0.264 e. The number of rotatable bonds is 6. The Balaban J connectivity index is 2.09. The topological polar surface area (TPSA) is 60.2 Å². The fraction of sp³-hybridized carbons (Fsp3) is 0.385. The predicted octanol–water partition coefficient (Wildman–Crippen LogP) is 2.07. The summed E-state index contributed by atoms with van der Waals surface area (Å²) in [7, 11) is 1.79. The summed E-state index contributed by atoms with van der Waals surface area (Å²) in [4.78, 5) is 4.11. The lowest BCUT2D eigenvalue weighted by Crippen LogP contribution is -2.08. The molecule has 0 amide bonds. The van der Waals surface area contributed by atoms with E-state index in [9.17, 15) is 4.39 Å². The molecule has 0 fully saturated rings. The lowest BCUT2D eigenvalue weighted by molar-refractivity contribution is 0.232. The van der Waals surface area contributed by atoms with Crippen molar-refractivity contribution in [2.45, 2.75) is 26.5 Å². The number of ether oxygens (including phenoxy) is 1. The third kappa shape index (κ3) is 3.29. The Hall–Kier alpha value is -1.95. The maximum atomic E-state index is 13.7. The van der Waals surface area contributed by atoms with Gasteiger partial charge in [0, 0.05) is 18.5 Å². The molecule has 2 rings (SSSR count). The SMILES string of the molecule is CCc1noc(COc2c(F)cccc2CNC)n1. The highest BCUT2D eigenvalue weighted by Crippen LogP contribution is 2.23. The first-order valence-corrected chi connectivity index (χ1v) is 6.10. The van der Waals surface area contributed by atoms with E-state index in [0.29, 0.717) is 24.7 Å². The van der Waals surface area contributed by atoms with Crippen molar-refractivity contribution in [3.05, 3.63) is 41.3 Å². The Bertz CT molecular complexity index is 542. The van der Waals surface area contributed by atoms with Gasteiger partial charge in [0.25, 0.3) is 5.89 Å². The molecule has 0 saturated heterocycles. The summed E-state index contributed by atoms with van der Waals surface area (Å²) >= 11 is 0. The highest BCUT2D eigenvalue weighted by Gasteiger charge is 2.12. The molecule has 0 atom stereocenters. The Kier molecular flexibility index (Phi) is 4.46. The molecular weight excluding hydrogens is 249 g/mol. The molecule has 0 aliphatic carbocycles. The van der Waals surface area contributed by atoms with Gasteiger partial charge in [-0.2, -0.15) is 4.98 Å². The zero-order chi connectivity index (χ0) is 13.7. The second kappa shape index (κ2) is 6.29. The standard InChI is InChI=1S/C13H16FN3O2/c1-3-11-16-12(19-17-11)8-18-13-9(7-15-2)5-4-6-10(13)14/h4-6,15H,3,7-8H2,1-2H3. The number of para-hydroxylation sites is 1. The largest absolute Gasteiger partial charge is 0.480 e. The number of nitrogens with one attached hydrogen (secondary N) is 1. The molecule has 0 radical (unpaired) electrons. The summed E-state index contributed by atoms with van der Waals surface area (Å²) in [5.41, 5.74) is 0.748. The lowest BCUT2D eigenvalue weighted by atomic mass is 10.2. The highest BCUT2D eigenvalue weighted by atomic mass is 19.1. The van der Waals surface area contributed by atoms with Gasteiger partial charge >= 0.3 is 0 Å². The van der Waals surface area contributed by atoms with Gasteiger partial charge in [0.05, 0.1) is 0 Å². The van der Waals surface area contributed by atoms with Crippen molar-refractivity contribution in [3.63, 3.8) is 0 Å². The molecule has 1 aromatic heterocycles. The van der Waals surface area contributed by atoms with E-state index in [1.165, 1.54) is 6.07 Å². The molecule has 1 N–H and O–H groups in total. The first-order valence-electron chi connectivity index (χ1n) is 6.10. The van der Waals surface area contributed by atoms with Gasteiger partial charge in [-0.3, -0.25) is 0 Å². The Labute approximate surface area is 110 Å². The molecule has 2 aromatic rings. The van der Waals surface area contributed by atoms with Gasteiger partial charge in [-0.25, -0.2) is 4.39 Å². The van der Waals surface area contributed by atoms with Crippen LogP contribution in [0.1, 0.15) is 24.2 Å². The molecule has 102 valence electrons. The minimum absolute atomic E-state index is 0.0602. The van der Waals surface area contributed by atoms with Crippen LogP contribution in [0, 0.1) is 5.82 Å². The van der Waals surface area contributed by atoms with Gasteiger partial charge in [-0.15, -0.1) is 0 Å². The minimum atomic E-state index is -0.400. The van der Waals surface area contributed by atoms with Crippen LogP contribution in [0.2, 0.25) is 0 Å². The Morgan fingerprint density at radius 1 is 1.42 bits per heavy atom. The summed E-state index contributed by atoms with van der Waals surface area (Å²) < 4.78 is 24.2. The Morgan fingerprint density at radius 2 is 2.26 bits per heavy atom. The highest BCUT2D eigenvalue weighted by molar-refractivity contribution is 5.34. The van der Waals surface area contributed by atoms with Gasteiger partial charge in [0.15, 0.2) is 24.0 Å². The van der Waals surface area contributed by atoms with E-state index in [0.717, 1.165) is 5.56 Å². The van der Waals surface area contributed by atoms with Crippen molar-refractivity contribution in [1.82, 2.24) is 15.5 Å². The van der Waals surface area contributed by atoms with Crippen molar-refractivity contribution in [2.75, 3.05) is 7.05 Å². The number of hydrogen-bond acceptors (Lipinski definition) is 5. The quantitative estimate of drug-likeness (QED) is 0.866. The van der Waals surface area contributed by atoms with Gasteiger partial charge in [0.2, 0.25) is 0 Å². The van der Waals surface area contributed by atoms with E-state index in [2.05, 4.69) is 15.5 Å². The smallest absolute Gasteiger partial charge is 0.264 e. The van der Waals surface area contributed by atoms with E-state index >= 15 is 0 Å². The third-order valence-electron chi connectivity index (χ3n) is 2.58. The van der Waals surface area contributed by atoms with E-state index in [1.54, 1.807) is 19.2 Å². The van der Waals surface area contributed by atoms with Crippen LogP contribution >= 0.6 is 0 Å². The van der Waals surface area contributed by atoms with Gasteiger partial charge < -0.3 is 14.6 Å². The number of hydrogen-bond donors (Lipinski definition) is 1. The van der Waals surface area contributed by atoms with E-state index in [-0.39, 0.29) is 12.4 Å². The molecule has 1 aromatic carbocycles. The van der Waals surface area contributed by atoms with Crippen LogP contribution in [0.5, 0.6) is 5.75 Å². The van der Waals surface area contributed by atoms with Gasteiger partial charge in [-0.05, 0) is 13.1 Å².